The molecule has 0 radical (unpaired) electrons. The average Bonchev–Trinajstić information content (AvgIpc) is 2.06. The van der Waals surface area contributed by atoms with Crippen LogP contribution in [0.1, 0.15) is 0 Å². The Morgan fingerprint density at radius 1 is 1.57 bits per heavy atom. The summed E-state index contributed by atoms with van der Waals surface area (Å²) in [5, 5.41) is 6.72. The summed E-state index contributed by atoms with van der Waals surface area (Å²) in [4.78, 5) is 1.78. The lowest BCUT2D eigenvalue weighted by atomic mass is 11.0. The Morgan fingerprint density at radius 3 is 2.00 bits per heavy atom. The number of rotatable bonds is 0. The zero-order valence-corrected chi connectivity index (χ0v) is 4.66. The van der Waals surface area contributed by atoms with Gasteiger partial charge in [0.2, 0.25) is 0 Å². The van der Waals surface area contributed by atoms with Crippen LogP contribution in [0.15, 0.2) is 0 Å². The Labute approximate surface area is 48.4 Å². The van der Waals surface area contributed by atoms with Crippen molar-refractivity contribution in [2.24, 2.45) is 5.73 Å². The summed E-state index contributed by atoms with van der Waals surface area (Å²) in [6.07, 6.45) is 0. The number of nitrogens with one attached hydrogen (secondary N) is 1. The standard InChI is InChI=1S/C3H7N3.ClH/c4-3(5)6-1-2-6;/h1-2H2,(H3,4,5);1H. The van der Waals surface area contributed by atoms with E-state index >= 15 is 0 Å². The van der Waals surface area contributed by atoms with E-state index in [0.29, 0.717) is 0 Å². The van der Waals surface area contributed by atoms with Crippen molar-refractivity contribution in [3.8, 4) is 0 Å². The largest absolute Gasteiger partial charge is 0.370 e. The number of guanidine groups is 1. The summed E-state index contributed by atoms with van der Waals surface area (Å²) in [6, 6.07) is 0. The highest BCUT2D eigenvalue weighted by Crippen LogP contribution is 1.98. The highest BCUT2D eigenvalue weighted by atomic mass is 35.5. The van der Waals surface area contributed by atoms with Crippen LogP contribution < -0.4 is 5.73 Å². The van der Waals surface area contributed by atoms with Crippen LogP contribution in [0.3, 0.4) is 0 Å². The number of hydrogen-bond donors (Lipinski definition) is 2. The predicted octanol–water partition coefficient (Wildman–Crippen LogP) is -0.383. The quantitative estimate of drug-likeness (QED) is 0.261. The minimum atomic E-state index is 0. The molecule has 1 fully saturated rings. The Morgan fingerprint density at radius 2 is 2.00 bits per heavy atom. The Kier molecular flexibility index (Phi) is 1.90. The molecular formula is C3H8ClN3. The van der Waals surface area contributed by atoms with Crippen LogP contribution in [0.5, 0.6) is 0 Å². The van der Waals surface area contributed by atoms with E-state index in [1.54, 1.807) is 4.90 Å². The summed E-state index contributed by atoms with van der Waals surface area (Å²) in [5.41, 5.74) is 5.01. The molecule has 0 atom stereocenters. The van der Waals surface area contributed by atoms with Gasteiger partial charge in [0.25, 0.3) is 0 Å². The molecule has 4 heteroatoms. The third kappa shape index (κ3) is 1.64. The molecule has 0 saturated carbocycles. The number of nitrogens with zero attached hydrogens (tertiary/aromatic N) is 1. The van der Waals surface area contributed by atoms with Crippen molar-refractivity contribution in [3.05, 3.63) is 0 Å². The number of halogens is 1. The molecule has 0 spiro atoms. The first-order valence-electron chi connectivity index (χ1n) is 1.89. The number of hydrogen-bond acceptors (Lipinski definition) is 1. The van der Waals surface area contributed by atoms with Crippen LogP contribution in [0, 0.1) is 5.41 Å². The van der Waals surface area contributed by atoms with Crippen LogP contribution in [0.25, 0.3) is 0 Å². The van der Waals surface area contributed by atoms with Gasteiger partial charge < -0.3 is 10.6 Å². The van der Waals surface area contributed by atoms with Gasteiger partial charge in [-0.05, 0) is 0 Å². The van der Waals surface area contributed by atoms with Crippen molar-refractivity contribution in [1.82, 2.24) is 4.90 Å². The van der Waals surface area contributed by atoms with Crippen LogP contribution in [-0.2, 0) is 0 Å². The molecule has 7 heavy (non-hydrogen) atoms. The molecule has 1 heterocycles. The molecule has 1 aliphatic rings. The summed E-state index contributed by atoms with van der Waals surface area (Å²) in [6.45, 7) is 1.96. The zero-order chi connectivity index (χ0) is 4.57. The van der Waals surface area contributed by atoms with Crippen molar-refractivity contribution >= 4 is 18.4 Å². The van der Waals surface area contributed by atoms with E-state index < -0.39 is 0 Å². The van der Waals surface area contributed by atoms with Gasteiger partial charge in [-0.15, -0.1) is 12.4 Å². The van der Waals surface area contributed by atoms with Crippen LogP contribution in [0.2, 0.25) is 0 Å². The fourth-order valence-electron chi connectivity index (χ4n) is 0.291. The van der Waals surface area contributed by atoms with Crippen molar-refractivity contribution in [1.29, 1.82) is 5.41 Å². The molecule has 0 aromatic heterocycles. The summed E-state index contributed by atoms with van der Waals surface area (Å²) < 4.78 is 0. The minimum Gasteiger partial charge on any atom is -0.370 e. The second-order valence-electron chi connectivity index (χ2n) is 1.37. The van der Waals surface area contributed by atoms with Gasteiger partial charge in [-0.3, -0.25) is 5.41 Å². The highest BCUT2D eigenvalue weighted by molar-refractivity contribution is 5.85. The zero-order valence-electron chi connectivity index (χ0n) is 3.85. The maximum absolute atomic E-state index is 6.72. The SMILES string of the molecule is Cl.N=C(N)N1CC1. The van der Waals surface area contributed by atoms with Crippen molar-refractivity contribution in [3.63, 3.8) is 0 Å². The van der Waals surface area contributed by atoms with Crippen molar-refractivity contribution < 1.29 is 0 Å². The molecule has 0 bridgehead atoms. The number of nitrogens with two attached hydrogens (primary N) is 1. The fraction of sp³-hybridized carbons (Fsp3) is 0.667. The Bertz CT molecular complexity index is 78.2. The van der Waals surface area contributed by atoms with Gasteiger partial charge in [0.1, 0.15) is 0 Å². The summed E-state index contributed by atoms with van der Waals surface area (Å²) in [7, 11) is 0. The molecule has 0 aliphatic carbocycles. The fourth-order valence-corrected chi connectivity index (χ4v) is 0.291. The first-order valence-corrected chi connectivity index (χ1v) is 1.89. The van der Waals surface area contributed by atoms with Gasteiger partial charge in [0, 0.05) is 13.1 Å². The lowest BCUT2D eigenvalue weighted by Gasteiger charge is -1.90. The first-order chi connectivity index (χ1) is 2.80. The van der Waals surface area contributed by atoms with Crippen molar-refractivity contribution in [2.45, 2.75) is 0 Å². The summed E-state index contributed by atoms with van der Waals surface area (Å²) >= 11 is 0. The van der Waals surface area contributed by atoms with Gasteiger partial charge in [0.05, 0.1) is 0 Å². The van der Waals surface area contributed by atoms with Gasteiger partial charge in [-0.2, -0.15) is 0 Å². The predicted molar refractivity (Wildman–Crippen MR) is 30.7 cm³/mol. The molecular weight excluding hydrogens is 114 g/mol. The van der Waals surface area contributed by atoms with E-state index in [-0.39, 0.29) is 18.4 Å². The smallest absolute Gasteiger partial charge is 0.188 e. The molecule has 0 amide bonds. The Balaban J connectivity index is 0.000000360. The van der Waals surface area contributed by atoms with E-state index in [1.165, 1.54) is 0 Å². The van der Waals surface area contributed by atoms with E-state index in [4.69, 9.17) is 11.1 Å². The van der Waals surface area contributed by atoms with Crippen LogP contribution >= 0.6 is 12.4 Å². The topological polar surface area (TPSA) is 52.9 Å². The normalized spacial score (nSPS) is 15.1. The molecule has 42 valence electrons. The molecule has 3 nitrogen and oxygen atoms in total. The lowest BCUT2D eigenvalue weighted by Crippen LogP contribution is -2.19. The van der Waals surface area contributed by atoms with E-state index in [9.17, 15) is 0 Å². The van der Waals surface area contributed by atoms with E-state index in [2.05, 4.69) is 0 Å². The monoisotopic (exact) mass is 121 g/mol. The van der Waals surface area contributed by atoms with Gasteiger partial charge in [-0.1, -0.05) is 0 Å². The maximum atomic E-state index is 6.72. The lowest BCUT2D eigenvalue weighted by molar-refractivity contribution is 0.820. The highest BCUT2D eigenvalue weighted by Gasteiger charge is 2.17. The molecule has 0 unspecified atom stereocenters. The third-order valence-corrected chi connectivity index (χ3v) is 0.788. The third-order valence-electron chi connectivity index (χ3n) is 0.788. The molecule has 1 saturated heterocycles. The van der Waals surface area contributed by atoms with E-state index in [1.807, 2.05) is 0 Å². The maximum Gasteiger partial charge on any atom is 0.188 e. The molecule has 0 aromatic rings. The molecule has 1 aliphatic heterocycles. The van der Waals surface area contributed by atoms with Gasteiger partial charge in [-0.25, -0.2) is 0 Å². The average molecular weight is 122 g/mol. The van der Waals surface area contributed by atoms with Crippen molar-refractivity contribution in [2.75, 3.05) is 13.1 Å². The van der Waals surface area contributed by atoms with Gasteiger partial charge in [0.15, 0.2) is 5.96 Å². The van der Waals surface area contributed by atoms with Crippen LogP contribution in [-0.4, -0.2) is 23.9 Å². The molecule has 3 N–H and O–H groups in total. The summed E-state index contributed by atoms with van der Waals surface area (Å²) in [5.74, 6) is 0.204. The van der Waals surface area contributed by atoms with E-state index in [0.717, 1.165) is 13.1 Å². The second-order valence-corrected chi connectivity index (χ2v) is 1.37. The molecule has 0 aromatic carbocycles. The second kappa shape index (κ2) is 2.02. The van der Waals surface area contributed by atoms with Gasteiger partial charge >= 0.3 is 0 Å². The first kappa shape index (κ1) is 6.56. The Hall–Kier alpha value is -0.440. The minimum absolute atomic E-state index is 0. The van der Waals surface area contributed by atoms with Crippen LogP contribution in [0.4, 0.5) is 0 Å². The molecule has 1 rings (SSSR count).